The fourth-order valence-electron chi connectivity index (χ4n) is 3.33. The van der Waals surface area contributed by atoms with Crippen LogP contribution < -0.4 is 10.1 Å². The van der Waals surface area contributed by atoms with Gasteiger partial charge in [-0.3, -0.25) is 4.79 Å². The number of furan rings is 1. The van der Waals surface area contributed by atoms with Gasteiger partial charge in [0.2, 0.25) is 0 Å². The summed E-state index contributed by atoms with van der Waals surface area (Å²) in [6.45, 7) is 2.55. The van der Waals surface area contributed by atoms with Gasteiger partial charge < -0.3 is 14.5 Å². The number of nitrogens with zero attached hydrogens (tertiary/aromatic N) is 3. The van der Waals surface area contributed by atoms with Crippen molar-refractivity contribution in [1.29, 1.82) is 5.26 Å². The smallest absolute Gasteiger partial charge is 0.262 e. The molecule has 0 saturated carbocycles. The Morgan fingerprint density at radius 3 is 2.74 bits per heavy atom. The van der Waals surface area contributed by atoms with Gasteiger partial charge in [0.25, 0.3) is 5.91 Å². The molecule has 0 aliphatic heterocycles. The molecular formula is C26H21ClN4O3. The van der Waals surface area contributed by atoms with E-state index in [4.69, 9.17) is 25.9 Å². The topological polar surface area (TPSA) is 93.1 Å². The number of halogens is 1. The van der Waals surface area contributed by atoms with Crippen molar-refractivity contribution in [2.45, 2.75) is 13.5 Å². The minimum Gasteiger partial charge on any atom is -0.492 e. The highest BCUT2D eigenvalue weighted by atomic mass is 35.5. The maximum atomic E-state index is 12.7. The molecule has 2 aromatic heterocycles. The van der Waals surface area contributed by atoms with E-state index in [1.165, 1.54) is 12.3 Å². The Morgan fingerprint density at radius 1 is 1.24 bits per heavy atom. The summed E-state index contributed by atoms with van der Waals surface area (Å²) in [5, 5.41) is 17.5. The molecule has 4 rings (SSSR count). The second-order valence-electron chi connectivity index (χ2n) is 7.22. The van der Waals surface area contributed by atoms with Gasteiger partial charge in [-0.1, -0.05) is 29.8 Å². The van der Waals surface area contributed by atoms with E-state index in [1.807, 2.05) is 49.4 Å². The van der Waals surface area contributed by atoms with Crippen molar-refractivity contribution in [2.24, 2.45) is 0 Å². The Labute approximate surface area is 201 Å². The Morgan fingerprint density at radius 2 is 2.06 bits per heavy atom. The second-order valence-corrected chi connectivity index (χ2v) is 7.63. The number of carbonyl (C=O) groups excluding carboxylic acids is 1. The average molecular weight is 473 g/mol. The molecule has 7 nitrogen and oxygen atoms in total. The minimum absolute atomic E-state index is 0.0579. The molecule has 34 heavy (non-hydrogen) atoms. The van der Waals surface area contributed by atoms with Crippen molar-refractivity contribution >= 4 is 23.6 Å². The molecule has 0 fully saturated rings. The third kappa shape index (κ3) is 5.20. The largest absolute Gasteiger partial charge is 0.492 e. The molecule has 0 bridgehead atoms. The molecular weight excluding hydrogens is 452 g/mol. The van der Waals surface area contributed by atoms with E-state index in [9.17, 15) is 10.1 Å². The molecule has 1 amide bonds. The van der Waals surface area contributed by atoms with Gasteiger partial charge in [-0.15, -0.1) is 0 Å². The Kier molecular flexibility index (Phi) is 7.11. The maximum Gasteiger partial charge on any atom is 0.262 e. The number of amides is 1. The van der Waals surface area contributed by atoms with Crippen LogP contribution in [0.2, 0.25) is 5.02 Å². The molecule has 8 heteroatoms. The van der Waals surface area contributed by atoms with Gasteiger partial charge in [-0.2, -0.15) is 10.4 Å². The van der Waals surface area contributed by atoms with E-state index in [2.05, 4.69) is 5.32 Å². The summed E-state index contributed by atoms with van der Waals surface area (Å²) in [6, 6.07) is 20.4. The summed E-state index contributed by atoms with van der Waals surface area (Å²) in [6.07, 6.45) is 4.81. The van der Waals surface area contributed by atoms with E-state index < -0.39 is 5.91 Å². The highest BCUT2D eigenvalue weighted by Crippen LogP contribution is 2.32. The first-order valence-electron chi connectivity index (χ1n) is 10.6. The zero-order chi connectivity index (χ0) is 23.9. The van der Waals surface area contributed by atoms with Crippen molar-refractivity contribution in [2.75, 3.05) is 6.61 Å². The monoisotopic (exact) mass is 472 g/mol. The minimum atomic E-state index is -0.512. The van der Waals surface area contributed by atoms with Crippen LogP contribution in [0.5, 0.6) is 5.75 Å². The molecule has 0 spiro atoms. The molecule has 4 aromatic rings. The van der Waals surface area contributed by atoms with Crippen LogP contribution in [0.3, 0.4) is 0 Å². The van der Waals surface area contributed by atoms with Crippen LogP contribution in [0.1, 0.15) is 18.2 Å². The second kappa shape index (κ2) is 10.6. The van der Waals surface area contributed by atoms with Gasteiger partial charge in [0.15, 0.2) is 0 Å². The highest BCUT2D eigenvalue weighted by molar-refractivity contribution is 6.32. The molecule has 2 heterocycles. The predicted octanol–water partition coefficient (Wildman–Crippen LogP) is 5.41. The fourth-order valence-corrected chi connectivity index (χ4v) is 3.57. The maximum absolute atomic E-state index is 12.7. The molecule has 0 aliphatic rings. The summed E-state index contributed by atoms with van der Waals surface area (Å²) in [4.78, 5) is 12.7. The summed E-state index contributed by atoms with van der Waals surface area (Å²) >= 11 is 6.41. The van der Waals surface area contributed by atoms with Gasteiger partial charge >= 0.3 is 0 Å². The molecule has 0 atom stereocenters. The summed E-state index contributed by atoms with van der Waals surface area (Å²) < 4.78 is 12.5. The first-order chi connectivity index (χ1) is 16.6. The Bertz CT molecular complexity index is 1350. The van der Waals surface area contributed by atoms with Crippen molar-refractivity contribution in [3.8, 4) is 28.8 Å². The lowest BCUT2D eigenvalue weighted by atomic mass is 10.1. The number of nitriles is 1. The first kappa shape index (κ1) is 22.9. The van der Waals surface area contributed by atoms with Gasteiger partial charge in [-0.25, -0.2) is 4.68 Å². The SMILES string of the molecule is CCOc1ccc(-c2nn(-c3ccccc3)cc2/C=C(\C#N)C(=O)NCc2ccco2)cc1Cl. The molecule has 2 aromatic carbocycles. The lowest BCUT2D eigenvalue weighted by Crippen LogP contribution is -2.23. The number of carbonyl (C=O) groups is 1. The molecule has 170 valence electrons. The van der Waals surface area contributed by atoms with Crippen molar-refractivity contribution < 1.29 is 13.9 Å². The lowest BCUT2D eigenvalue weighted by Gasteiger charge is -2.07. The first-order valence-corrected chi connectivity index (χ1v) is 11.0. The van der Waals surface area contributed by atoms with E-state index in [-0.39, 0.29) is 12.1 Å². The van der Waals surface area contributed by atoms with Crippen LogP contribution in [-0.2, 0) is 11.3 Å². The van der Waals surface area contributed by atoms with Gasteiger partial charge in [-0.05, 0) is 55.5 Å². The van der Waals surface area contributed by atoms with E-state index in [1.54, 1.807) is 35.1 Å². The number of aromatic nitrogens is 2. The van der Waals surface area contributed by atoms with Gasteiger partial charge in [0, 0.05) is 17.3 Å². The molecule has 0 aliphatic carbocycles. The van der Waals surface area contributed by atoms with Crippen LogP contribution in [-0.4, -0.2) is 22.3 Å². The van der Waals surface area contributed by atoms with Crippen molar-refractivity contribution in [3.63, 3.8) is 0 Å². The van der Waals surface area contributed by atoms with Crippen LogP contribution in [0, 0.1) is 11.3 Å². The molecule has 1 N–H and O–H groups in total. The summed E-state index contributed by atoms with van der Waals surface area (Å²) in [5.74, 6) is 0.650. The Hall–Kier alpha value is -4.28. The van der Waals surface area contributed by atoms with Gasteiger partial charge in [0.1, 0.15) is 28.8 Å². The van der Waals surface area contributed by atoms with Gasteiger partial charge in [0.05, 0.1) is 30.1 Å². The third-order valence-electron chi connectivity index (χ3n) is 4.94. The van der Waals surface area contributed by atoms with Crippen molar-refractivity contribution in [3.05, 3.63) is 95.0 Å². The number of ether oxygens (including phenoxy) is 1. The van der Waals surface area contributed by atoms with E-state index in [0.29, 0.717) is 34.4 Å². The zero-order valence-electron chi connectivity index (χ0n) is 18.4. The van der Waals surface area contributed by atoms with Crippen molar-refractivity contribution in [1.82, 2.24) is 15.1 Å². The third-order valence-corrected chi connectivity index (χ3v) is 5.23. The number of hydrogen-bond donors (Lipinski definition) is 1. The van der Waals surface area contributed by atoms with E-state index >= 15 is 0 Å². The zero-order valence-corrected chi connectivity index (χ0v) is 19.1. The lowest BCUT2D eigenvalue weighted by molar-refractivity contribution is -0.117. The summed E-state index contributed by atoms with van der Waals surface area (Å²) in [7, 11) is 0. The average Bonchev–Trinajstić information content (AvgIpc) is 3.53. The number of benzene rings is 2. The fraction of sp³-hybridized carbons (Fsp3) is 0.115. The number of hydrogen-bond acceptors (Lipinski definition) is 5. The summed E-state index contributed by atoms with van der Waals surface area (Å²) in [5.41, 5.74) is 2.66. The highest BCUT2D eigenvalue weighted by Gasteiger charge is 2.16. The predicted molar refractivity (Wildman–Crippen MR) is 129 cm³/mol. The van der Waals surface area contributed by atoms with Crippen LogP contribution >= 0.6 is 11.6 Å². The quantitative estimate of drug-likeness (QED) is 0.273. The van der Waals surface area contributed by atoms with Crippen LogP contribution in [0.25, 0.3) is 23.0 Å². The van der Waals surface area contributed by atoms with E-state index in [0.717, 1.165) is 11.3 Å². The molecule has 0 radical (unpaired) electrons. The Balaban J connectivity index is 1.72. The normalized spacial score (nSPS) is 11.1. The number of para-hydroxylation sites is 1. The standard InChI is InChI=1S/C26H21ClN4O3/c1-2-33-24-11-10-18(14-23(24)27)25-20(17-31(30-25)21-7-4-3-5-8-21)13-19(15-28)26(32)29-16-22-9-6-12-34-22/h3-14,17H,2,16H2,1H3,(H,29,32)/b19-13+. The molecule has 0 saturated heterocycles. The molecule has 0 unspecified atom stereocenters. The van der Waals surface area contributed by atoms with Crippen LogP contribution in [0.4, 0.5) is 0 Å². The number of nitrogens with one attached hydrogen (secondary N) is 1. The number of rotatable bonds is 8. The van der Waals surface area contributed by atoms with Crippen LogP contribution in [0.15, 0.2) is 83.1 Å².